The van der Waals surface area contributed by atoms with Crippen LogP contribution in [0.2, 0.25) is 0 Å². The van der Waals surface area contributed by atoms with Crippen molar-refractivity contribution in [1.29, 1.82) is 0 Å². The molecule has 0 saturated heterocycles. The first-order valence-electron chi connectivity index (χ1n) is 6.03. The summed E-state index contributed by atoms with van der Waals surface area (Å²) in [6.45, 7) is 5.85. The molecule has 1 N–H and O–H groups in total. The molecule has 84 valence electrons. The largest absolute Gasteiger partial charge is 0.309 e. The van der Waals surface area contributed by atoms with Gasteiger partial charge in [0.05, 0.1) is 0 Å². The lowest BCUT2D eigenvalue weighted by Gasteiger charge is -2.34. The predicted molar refractivity (Wildman–Crippen MR) is 67.1 cm³/mol. The SMILES string of the molecule is C[C@H]1[C@H](C)CCC[C@H]1NCc1cccs1. The van der Waals surface area contributed by atoms with E-state index >= 15 is 0 Å². The molecular weight excluding hydrogens is 202 g/mol. The fraction of sp³-hybridized carbons (Fsp3) is 0.692. The van der Waals surface area contributed by atoms with Crippen LogP contribution in [0.25, 0.3) is 0 Å². The summed E-state index contributed by atoms with van der Waals surface area (Å²) in [5.41, 5.74) is 0. The quantitative estimate of drug-likeness (QED) is 0.824. The van der Waals surface area contributed by atoms with Crippen LogP contribution >= 0.6 is 11.3 Å². The summed E-state index contributed by atoms with van der Waals surface area (Å²) in [6, 6.07) is 5.08. The average molecular weight is 223 g/mol. The minimum absolute atomic E-state index is 0.732. The van der Waals surface area contributed by atoms with Gasteiger partial charge in [-0.1, -0.05) is 32.8 Å². The summed E-state index contributed by atoms with van der Waals surface area (Å²) >= 11 is 1.85. The molecule has 1 nitrogen and oxygen atoms in total. The van der Waals surface area contributed by atoms with Gasteiger partial charge >= 0.3 is 0 Å². The maximum Gasteiger partial charge on any atom is 0.0302 e. The fourth-order valence-corrected chi connectivity index (χ4v) is 3.17. The highest BCUT2D eigenvalue weighted by atomic mass is 32.1. The fourth-order valence-electron chi connectivity index (χ4n) is 2.51. The van der Waals surface area contributed by atoms with Gasteiger partial charge < -0.3 is 5.32 Å². The third-order valence-electron chi connectivity index (χ3n) is 3.83. The van der Waals surface area contributed by atoms with E-state index in [0.717, 1.165) is 24.4 Å². The Hall–Kier alpha value is -0.340. The first kappa shape index (κ1) is 11.2. The second kappa shape index (κ2) is 5.13. The first-order chi connectivity index (χ1) is 7.27. The Kier molecular flexibility index (Phi) is 3.81. The van der Waals surface area contributed by atoms with Crippen molar-refractivity contribution in [2.75, 3.05) is 0 Å². The van der Waals surface area contributed by atoms with Crippen LogP contribution in [-0.4, -0.2) is 6.04 Å². The van der Waals surface area contributed by atoms with E-state index in [-0.39, 0.29) is 0 Å². The predicted octanol–water partition coefficient (Wildman–Crippen LogP) is 3.66. The van der Waals surface area contributed by atoms with E-state index in [1.165, 1.54) is 24.1 Å². The van der Waals surface area contributed by atoms with Crippen LogP contribution in [-0.2, 0) is 6.54 Å². The molecule has 1 aliphatic rings. The van der Waals surface area contributed by atoms with Gasteiger partial charge in [0, 0.05) is 17.5 Å². The normalized spacial score (nSPS) is 31.7. The Morgan fingerprint density at radius 3 is 3.00 bits per heavy atom. The third-order valence-corrected chi connectivity index (χ3v) is 4.70. The molecule has 3 atom stereocenters. The van der Waals surface area contributed by atoms with Gasteiger partial charge in [-0.15, -0.1) is 11.3 Å². The Morgan fingerprint density at radius 1 is 1.40 bits per heavy atom. The second-order valence-corrected chi connectivity index (χ2v) is 5.87. The van der Waals surface area contributed by atoms with Crippen LogP contribution in [0.15, 0.2) is 17.5 Å². The molecule has 0 aliphatic heterocycles. The van der Waals surface area contributed by atoms with Crippen LogP contribution in [0, 0.1) is 11.8 Å². The molecule has 1 aromatic rings. The van der Waals surface area contributed by atoms with Gasteiger partial charge in [-0.2, -0.15) is 0 Å². The summed E-state index contributed by atoms with van der Waals surface area (Å²) in [4.78, 5) is 1.46. The maximum atomic E-state index is 3.71. The Balaban J connectivity index is 1.83. The van der Waals surface area contributed by atoms with Crippen LogP contribution in [0.4, 0.5) is 0 Å². The van der Waals surface area contributed by atoms with E-state index in [1.807, 2.05) is 11.3 Å². The number of hydrogen-bond donors (Lipinski definition) is 1. The van der Waals surface area contributed by atoms with E-state index in [0.29, 0.717) is 0 Å². The number of rotatable bonds is 3. The summed E-state index contributed by atoms with van der Waals surface area (Å²) in [5, 5.41) is 5.87. The van der Waals surface area contributed by atoms with Crippen LogP contribution in [0.5, 0.6) is 0 Å². The molecule has 1 heterocycles. The van der Waals surface area contributed by atoms with Gasteiger partial charge in [0.2, 0.25) is 0 Å². The van der Waals surface area contributed by atoms with Gasteiger partial charge in [-0.3, -0.25) is 0 Å². The van der Waals surface area contributed by atoms with E-state index in [4.69, 9.17) is 0 Å². The smallest absolute Gasteiger partial charge is 0.0302 e. The van der Waals surface area contributed by atoms with Crippen molar-refractivity contribution in [2.45, 2.75) is 45.7 Å². The van der Waals surface area contributed by atoms with Crippen molar-refractivity contribution in [3.8, 4) is 0 Å². The van der Waals surface area contributed by atoms with Gasteiger partial charge in [0.25, 0.3) is 0 Å². The van der Waals surface area contributed by atoms with Gasteiger partial charge in [-0.25, -0.2) is 0 Å². The molecule has 0 aromatic carbocycles. The molecule has 1 saturated carbocycles. The van der Waals surface area contributed by atoms with Crippen LogP contribution in [0.1, 0.15) is 38.0 Å². The minimum atomic E-state index is 0.732. The Labute approximate surface area is 96.9 Å². The highest BCUT2D eigenvalue weighted by molar-refractivity contribution is 7.09. The topological polar surface area (TPSA) is 12.0 Å². The van der Waals surface area contributed by atoms with E-state index < -0.39 is 0 Å². The molecular formula is C13H21NS. The van der Waals surface area contributed by atoms with Gasteiger partial charge in [-0.05, 0) is 29.7 Å². The zero-order chi connectivity index (χ0) is 10.7. The van der Waals surface area contributed by atoms with E-state index in [1.54, 1.807) is 0 Å². The van der Waals surface area contributed by atoms with Gasteiger partial charge in [0.15, 0.2) is 0 Å². The third kappa shape index (κ3) is 2.82. The molecule has 0 spiro atoms. The number of nitrogens with one attached hydrogen (secondary N) is 1. The summed E-state index contributed by atoms with van der Waals surface area (Å²) in [6.07, 6.45) is 4.17. The van der Waals surface area contributed by atoms with Crippen molar-refractivity contribution >= 4 is 11.3 Å². The second-order valence-electron chi connectivity index (χ2n) is 4.83. The van der Waals surface area contributed by atoms with Crippen LogP contribution < -0.4 is 5.32 Å². The first-order valence-corrected chi connectivity index (χ1v) is 6.91. The summed E-state index contributed by atoms with van der Waals surface area (Å²) in [5.74, 6) is 1.72. The summed E-state index contributed by atoms with van der Waals surface area (Å²) in [7, 11) is 0. The molecule has 1 fully saturated rings. The minimum Gasteiger partial charge on any atom is -0.309 e. The number of hydrogen-bond acceptors (Lipinski definition) is 2. The molecule has 0 radical (unpaired) electrons. The lowest BCUT2D eigenvalue weighted by Crippen LogP contribution is -2.40. The average Bonchev–Trinajstić information content (AvgIpc) is 2.73. The van der Waals surface area contributed by atoms with Crippen molar-refractivity contribution in [3.05, 3.63) is 22.4 Å². The Bertz CT molecular complexity index is 281. The highest BCUT2D eigenvalue weighted by Crippen LogP contribution is 2.29. The summed E-state index contributed by atoms with van der Waals surface area (Å²) < 4.78 is 0. The van der Waals surface area contributed by atoms with Crippen molar-refractivity contribution in [1.82, 2.24) is 5.32 Å². The maximum absolute atomic E-state index is 3.71. The monoisotopic (exact) mass is 223 g/mol. The molecule has 0 unspecified atom stereocenters. The zero-order valence-corrected chi connectivity index (χ0v) is 10.5. The molecule has 1 aromatic heterocycles. The van der Waals surface area contributed by atoms with Crippen molar-refractivity contribution < 1.29 is 0 Å². The molecule has 2 rings (SSSR count). The van der Waals surface area contributed by atoms with Crippen molar-refractivity contribution in [2.24, 2.45) is 11.8 Å². The highest BCUT2D eigenvalue weighted by Gasteiger charge is 2.26. The zero-order valence-electron chi connectivity index (χ0n) is 9.70. The number of thiophene rings is 1. The van der Waals surface area contributed by atoms with E-state index in [9.17, 15) is 0 Å². The standard InChI is InChI=1S/C13H21NS/c1-10-5-3-7-13(11(10)2)14-9-12-6-4-8-15-12/h4,6,8,10-11,13-14H,3,5,7,9H2,1-2H3/t10-,11+,13-/m1/s1. The molecule has 15 heavy (non-hydrogen) atoms. The van der Waals surface area contributed by atoms with E-state index in [2.05, 4.69) is 36.7 Å². The Morgan fingerprint density at radius 2 is 2.27 bits per heavy atom. The lowest BCUT2D eigenvalue weighted by atomic mass is 9.78. The molecule has 1 aliphatic carbocycles. The van der Waals surface area contributed by atoms with Crippen molar-refractivity contribution in [3.63, 3.8) is 0 Å². The molecule has 0 bridgehead atoms. The lowest BCUT2D eigenvalue weighted by molar-refractivity contribution is 0.206. The molecule has 0 amide bonds. The van der Waals surface area contributed by atoms with Crippen LogP contribution in [0.3, 0.4) is 0 Å². The van der Waals surface area contributed by atoms with Gasteiger partial charge in [0.1, 0.15) is 0 Å². The molecule has 2 heteroatoms.